The van der Waals surface area contributed by atoms with Gasteiger partial charge in [0.1, 0.15) is 11.4 Å². The van der Waals surface area contributed by atoms with E-state index in [0.29, 0.717) is 16.5 Å². The van der Waals surface area contributed by atoms with Crippen LogP contribution in [-0.2, 0) is 0 Å². The van der Waals surface area contributed by atoms with Crippen LogP contribution in [0, 0.1) is 8.70 Å². The molecule has 3 rings (SSSR count). The van der Waals surface area contributed by atoms with Crippen LogP contribution in [0.4, 0.5) is 4.39 Å². The Morgan fingerprint density at radius 3 is 2.83 bits per heavy atom. The second-order valence-corrected chi connectivity index (χ2v) is 6.57. The van der Waals surface area contributed by atoms with Crippen molar-refractivity contribution in [2.75, 3.05) is 0 Å². The van der Waals surface area contributed by atoms with Crippen molar-refractivity contribution in [1.82, 2.24) is 0 Å². The summed E-state index contributed by atoms with van der Waals surface area (Å²) in [6.07, 6.45) is 0. The van der Waals surface area contributed by atoms with Gasteiger partial charge in [0.25, 0.3) is 0 Å². The lowest BCUT2D eigenvalue weighted by molar-refractivity contribution is 0.101. The summed E-state index contributed by atoms with van der Waals surface area (Å²) >= 11 is 3.66. The second kappa shape index (κ2) is 4.47. The summed E-state index contributed by atoms with van der Waals surface area (Å²) in [6.45, 7) is 0. The molecule has 2 heterocycles. The van der Waals surface area contributed by atoms with Gasteiger partial charge < -0.3 is 4.42 Å². The lowest BCUT2D eigenvalue weighted by Crippen LogP contribution is -1.96. The monoisotopic (exact) mass is 372 g/mol. The Morgan fingerprint density at radius 1 is 1.28 bits per heavy atom. The van der Waals surface area contributed by atoms with E-state index in [1.54, 1.807) is 17.5 Å². The zero-order valence-electron chi connectivity index (χ0n) is 8.94. The summed E-state index contributed by atoms with van der Waals surface area (Å²) in [5.41, 5.74) is 1.12. The van der Waals surface area contributed by atoms with Crippen LogP contribution in [0.2, 0.25) is 0 Å². The Bertz CT molecular complexity index is 744. The summed E-state index contributed by atoms with van der Waals surface area (Å²) < 4.78 is 19.5. The van der Waals surface area contributed by atoms with E-state index in [4.69, 9.17) is 4.42 Å². The van der Waals surface area contributed by atoms with Crippen LogP contribution < -0.4 is 0 Å². The molecule has 0 saturated carbocycles. The van der Waals surface area contributed by atoms with Crippen LogP contribution in [0.1, 0.15) is 16.1 Å². The predicted molar refractivity (Wildman–Crippen MR) is 76.6 cm³/mol. The minimum Gasteiger partial charge on any atom is -0.453 e. The number of benzene rings is 1. The number of hydrogen-bond donors (Lipinski definition) is 0. The highest BCUT2D eigenvalue weighted by atomic mass is 127. The molecule has 90 valence electrons. The van der Waals surface area contributed by atoms with Crippen LogP contribution in [0.3, 0.4) is 0 Å². The SMILES string of the molecule is O=C(c1csc(I)c1)c1cc2cc(F)ccc2o1. The number of furan rings is 1. The molecular weight excluding hydrogens is 366 g/mol. The fourth-order valence-electron chi connectivity index (χ4n) is 1.70. The maximum atomic E-state index is 13.0. The van der Waals surface area contributed by atoms with E-state index < -0.39 is 0 Å². The summed E-state index contributed by atoms with van der Waals surface area (Å²) in [5, 5.41) is 2.39. The minimum absolute atomic E-state index is 0.175. The van der Waals surface area contributed by atoms with Gasteiger partial charge in [-0.3, -0.25) is 4.79 Å². The Balaban J connectivity index is 2.06. The van der Waals surface area contributed by atoms with Crippen molar-refractivity contribution in [2.24, 2.45) is 0 Å². The van der Waals surface area contributed by atoms with E-state index in [1.165, 1.54) is 29.5 Å². The van der Waals surface area contributed by atoms with Crippen LogP contribution in [0.5, 0.6) is 0 Å². The van der Waals surface area contributed by atoms with E-state index in [9.17, 15) is 9.18 Å². The molecule has 0 bridgehead atoms. The van der Waals surface area contributed by atoms with Crippen molar-refractivity contribution < 1.29 is 13.6 Å². The molecule has 0 spiro atoms. The molecule has 0 amide bonds. The summed E-state index contributed by atoms with van der Waals surface area (Å²) in [6, 6.07) is 7.58. The maximum Gasteiger partial charge on any atom is 0.229 e. The summed E-state index contributed by atoms with van der Waals surface area (Å²) in [7, 11) is 0. The molecule has 3 aromatic rings. The molecule has 0 N–H and O–H groups in total. The first-order chi connectivity index (χ1) is 8.63. The van der Waals surface area contributed by atoms with Gasteiger partial charge in [-0.25, -0.2) is 4.39 Å². The molecule has 0 aliphatic carbocycles. The molecule has 0 radical (unpaired) electrons. The van der Waals surface area contributed by atoms with Crippen molar-refractivity contribution in [3.63, 3.8) is 0 Å². The highest BCUT2D eigenvalue weighted by Crippen LogP contribution is 2.24. The molecule has 1 aromatic carbocycles. The fourth-order valence-corrected chi connectivity index (χ4v) is 3.02. The lowest BCUT2D eigenvalue weighted by Gasteiger charge is -1.90. The molecule has 0 unspecified atom stereocenters. The third-order valence-electron chi connectivity index (χ3n) is 2.53. The quantitative estimate of drug-likeness (QED) is 0.491. The van der Waals surface area contributed by atoms with E-state index in [-0.39, 0.29) is 17.4 Å². The molecule has 0 aliphatic rings. The fraction of sp³-hybridized carbons (Fsp3) is 0. The van der Waals surface area contributed by atoms with Gasteiger partial charge in [0.05, 0.1) is 2.88 Å². The molecule has 2 aromatic heterocycles. The van der Waals surface area contributed by atoms with Crippen molar-refractivity contribution in [3.8, 4) is 0 Å². The van der Waals surface area contributed by atoms with Crippen LogP contribution in [0.25, 0.3) is 11.0 Å². The van der Waals surface area contributed by atoms with Gasteiger partial charge in [-0.05, 0) is 52.9 Å². The van der Waals surface area contributed by atoms with E-state index in [1.807, 2.05) is 0 Å². The number of halogens is 2. The number of hydrogen-bond acceptors (Lipinski definition) is 3. The molecule has 5 heteroatoms. The highest BCUT2D eigenvalue weighted by molar-refractivity contribution is 14.1. The zero-order chi connectivity index (χ0) is 12.7. The smallest absolute Gasteiger partial charge is 0.229 e. The second-order valence-electron chi connectivity index (χ2n) is 3.76. The van der Waals surface area contributed by atoms with Gasteiger partial charge in [-0.1, -0.05) is 0 Å². The highest BCUT2D eigenvalue weighted by Gasteiger charge is 2.16. The lowest BCUT2D eigenvalue weighted by atomic mass is 10.1. The van der Waals surface area contributed by atoms with Gasteiger partial charge in [-0.15, -0.1) is 11.3 Å². The van der Waals surface area contributed by atoms with Crippen molar-refractivity contribution in [2.45, 2.75) is 0 Å². The van der Waals surface area contributed by atoms with E-state index in [0.717, 1.165) is 2.88 Å². The van der Waals surface area contributed by atoms with E-state index in [2.05, 4.69) is 22.6 Å². The number of carbonyl (C=O) groups is 1. The molecule has 18 heavy (non-hydrogen) atoms. The number of thiophene rings is 1. The molecular formula is C13H6FIO2S. The Kier molecular flexibility index (Phi) is 2.95. The third kappa shape index (κ3) is 2.08. The first-order valence-electron chi connectivity index (χ1n) is 5.11. The average Bonchev–Trinajstić information content (AvgIpc) is 2.93. The van der Waals surface area contributed by atoms with Crippen molar-refractivity contribution in [3.05, 3.63) is 55.7 Å². The Labute approximate surface area is 120 Å². The summed E-state index contributed by atoms with van der Waals surface area (Å²) in [4.78, 5) is 12.1. The van der Waals surface area contributed by atoms with Gasteiger partial charge >= 0.3 is 0 Å². The maximum absolute atomic E-state index is 13.0. The molecule has 0 atom stereocenters. The molecule has 0 fully saturated rings. The molecule has 2 nitrogen and oxygen atoms in total. The van der Waals surface area contributed by atoms with Crippen LogP contribution >= 0.6 is 33.9 Å². The summed E-state index contributed by atoms with van der Waals surface area (Å²) in [5.74, 6) is -0.275. The molecule has 0 aliphatic heterocycles. The predicted octanol–water partition coefficient (Wildman–Crippen LogP) is 4.47. The zero-order valence-corrected chi connectivity index (χ0v) is 11.9. The Morgan fingerprint density at radius 2 is 2.11 bits per heavy atom. The first kappa shape index (κ1) is 11.9. The largest absolute Gasteiger partial charge is 0.453 e. The Hall–Kier alpha value is -1.21. The van der Waals surface area contributed by atoms with Crippen LogP contribution in [0.15, 0.2) is 40.1 Å². The standard InChI is InChI=1S/C13H6FIO2S/c14-9-1-2-10-7(3-9)4-11(17-10)13(16)8-5-12(15)18-6-8/h1-6H. The third-order valence-corrected chi connectivity index (χ3v) is 4.32. The topological polar surface area (TPSA) is 30.2 Å². The van der Waals surface area contributed by atoms with E-state index >= 15 is 0 Å². The van der Waals surface area contributed by atoms with Crippen molar-refractivity contribution >= 4 is 50.7 Å². The van der Waals surface area contributed by atoms with Crippen molar-refractivity contribution in [1.29, 1.82) is 0 Å². The van der Waals surface area contributed by atoms with Gasteiger partial charge in [0, 0.05) is 16.3 Å². The number of carbonyl (C=O) groups excluding carboxylic acids is 1. The average molecular weight is 372 g/mol. The minimum atomic E-state index is -0.340. The van der Waals surface area contributed by atoms with Gasteiger partial charge in [0.2, 0.25) is 5.78 Å². The van der Waals surface area contributed by atoms with Gasteiger partial charge in [0.15, 0.2) is 5.76 Å². The normalized spacial score (nSPS) is 11.0. The van der Waals surface area contributed by atoms with Crippen LogP contribution in [-0.4, -0.2) is 5.78 Å². The first-order valence-corrected chi connectivity index (χ1v) is 7.07. The van der Waals surface area contributed by atoms with Gasteiger partial charge in [-0.2, -0.15) is 0 Å². The number of fused-ring (bicyclic) bond motifs is 1. The number of ketones is 1. The number of rotatable bonds is 2. The molecule has 0 saturated heterocycles.